The molecule has 8 nitrogen and oxygen atoms in total. The Morgan fingerprint density at radius 1 is 0.933 bits per heavy atom. The lowest BCUT2D eigenvalue weighted by Crippen LogP contribution is -2.11. The van der Waals surface area contributed by atoms with Crippen molar-refractivity contribution in [1.29, 1.82) is 0 Å². The number of anilines is 2. The zero-order chi connectivity index (χ0) is 20.9. The summed E-state index contributed by atoms with van der Waals surface area (Å²) in [6, 6.07) is 17.6. The number of amides is 2. The van der Waals surface area contributed by atoms with Crippen molar-refractivity contribution in [2.45, 2.75) is 0 Å². The van der Waals surface area contributed by atoms with Gasteiger partial charge >= 0.3 is 0 Å². The first-order chi connectivity index (χ1) is 14.6. The van der Waals surface area contributed by atoms with E-state index in [0.717, 1.165) is 17.0 Å². The number of hydrogen-bond donors (Lipinski definition) is 2. The summed E-state index contributed by atoms with van der Waals surface area (Å²) in [5, 5.41) is 9.68. The third-order valence-electron chi connectivity index (χ3n) is 4.22. The Bertz CT molecular complexity index is 1170. The molecule has 0 fully saturated rings. The Morgan fingerprint density at radius 3 is 2.30 bits per heavy atom. The van der Waals surface area contributed by atoms with Crippen molar-refractivity contribution in [2.75, 3.05) is 17.7 Å². The molecule has 0 atom stereocenters. The quantitative estimate of drug-likeness (QED) is 0.495. The van der Waals surface area contributed by atoms with Crippen molar-refractivity contribution in [2.24, 2.45) is 0 Å². The lowest BCUT2D eigenvalue weighted by molar-refractivity contribution is 0.102. The predicted octanol–water partition coefficient (Wildman–Crippen LogP) is 3.84. The second-order valence-electron chi connectivity index (χ2n) is 6.16. The molecule has 0 aliphatic heterocycles. The molecule has 4 aromatic rings. The first kappa shape index (κ1) is 19.3. The van der Waals surface area contributed by atoms with E-state index in [2.05, 4.69) is 20.7 Å². The van der Waals surface area contributed by atoms with E-state index in [9.17, 15) is 9.59 Å². The molecule has 2 N–H and O–H groups in total. The fourth-order valence-electron chi connectivity index (χ4n) is 2.75. The Balaban J connectivity index is 1.42. The van der Waals surface area contributed by atoms with Gasteiger partial charge in [-0.2, -0.15) is 5.10 Å². The Kier molecular flexibility index (Phi) is 5.53. The van der Waals surface area contributed by atoms with E-state index >= 15 is 0 Å². The monoisotopic (exact) mass is 419 g/mol. The summed E-state index contributed by atoms with van der Waals surface area (Å²) in [6.07, 6.45) is 3.05. The first-order valence-electron chi connectivity index (χ1n) is 8.94. The smallest absolute Gasteiger partial charge is 0.265 e. The zero-order valence-corrected chi connectivity index (χ0v) is 16.7. The lowest BCUT2D eigenvalue weighted by atomic mass is 10.2. The number of hydrogen-bond acceptors (Lipinski definition) is 6. The Labute approximate surface area is 176 Å². The van der Waals surface area contributed by atoms with Gasteiger partial charge in [-0.15, -0.1) is 11.3 Å². The molecule has 0 saturated carbocycles. The maximum atomic E-state index is 12.5. The molecule has 2 heterocycles. The second-order valence-corrected chi connectivity index (χ2v) is 7.24. The van der Waals surface area contributed by atoms with Crippen molar-refractivity contribution < 1.29 is 14.3 Å². The van der Waals surface area contributed by atoms with E-state index in [1.54, 1.807) is 53.5 Å². The van der Waals surface area contributed by atoms with Crippen LogP contribution in [0, 0.1) is 0 Å². The topological polar surface area (TPSA) is 98.1 Å². The van der Waals surface area contributed by atoms with Crippen LogP contribution in [0.5, 0.6) is 5.75 Å². The molecule has 2 aromatic heterocycles. The van der Waals surface area contributed by atoms with Crippen LogP contribution in [0.25, 0.3) is 5.69 Å². The predicted molar refractivity (Wildman–Crippen MR) is 115 cm³/mol. The van der Waals surface area contributed by atoms with Crippen molar-refractivity contribution in [3.63, 3.8) is 0 Å². The molecule has 2 aromatic carbocycles. The van der Waals surface area contributed by atoms with Crippen LogP contribution in [-0.4, -0.2) is 33.7 Å². The maximum absolute atomic E-state index is 12.5. The standard InChI is InChI=1S/C21H17N5O3S/c1-29-17-5-3-2-4-16(17)25-21(28)19-11-10-18(30-19)20(27)24-14-6-8-15(9-7-14)26-13-22-12-23-26/h2-13H,1H3,(H,24,27)(H,25,28). The van der Waals surface area contributed by atoms with Gasteiger partial charge < -0.3 is 15.4 Å². The highest BCUT2D eigenvalue weighted by atomic mass is 32.1. The van der Waals surface area contributed by atoms with E-state index in [-0.39, 0.29) is 11.8 Å². The van der Waals surface area contributed by atoms with Gasteiger partial charge in [-0.1, -0.05) is 12.1 Å². The highest BCUT2D eigenvalue weighted by molar-refractivity contribution is 7.16. The molecule has 0 aliphatic carbocycles. The minimum Gasteiger partial charge on any atom is -0.495 e. The van der Waals surface area contributed by atoms with Gasteiger partial charge in [-0.3, -0.25) is 9.59 Å². The van der Waals surface area contributed by atoms with Gasteiger partial charge in [0.2, 0.25) is 0 Å². The molecule has 0 aliphatic rings. The summed E-state index contributed by atoms with van der Waals surface area (Å²) >= 11 is 1.11. The largest absolute Gasteiger partial charge is 0.495 e. The number of para-hydroxylation sites is 2. The number of aromatic nitrogens is 3. The van der Waals surface area contributed by atoms with E-state index < -0.39 is 0 Å². The summed E-state index contributed by atoms with van der Waals surface area (Å²) in [6.45, 7) is 0. The SMILES string of the molecule is COc1ccccc1NC(=O)c1ccc(C(=O)Nc2ccc(-n3cncn3)cc2)s1. The molecule has 4 rings (SSSR count). The summed E-state index contributed by atoms with van der Waals surface area (Å²) in [5.74, 6) is -0.0275. The number of carbonyl (C=O) groups is 2. The van der Waals surface area contributed by atoms with E-state index in [1.807, 2.05) is 18.2 Å². The van der Waals surface area contributed by atoms with Crippen LogP contribution in [0.1, 0.15) is 19.3 Å². The maximum Gasteiger partial charge on any atom is 0.265 e. The highest BCUT2D eigenvalue weighted by Gasteiger charge is 2.15. The molecule has 0 bridgehead atoms. The molecule has 150 valence electrons. The van der Waals surface area contributed by atoms with Crippen LogP contribution < -0.4 is 15.4 Å². The highest BCUT2D eigenvalue weighted by Crippen LogP contribution is 2.25. The molecule has 0 spiro atoms. The molecule has 30 heavy (non-hydrogen) atoms. The van der Waals surface area contributed by atoms with E-state index in [1.165, 1.54) is 13.4 Å². The molecule has 0 saturated heterocycles. The van der Waals surface area contributed by atoms with E-state index in [0.29, 0.717) is 26.9 Å². The summed E-state index contributed by atoms with van der Waals surface area (Å²) in [4.78, 5) is 29.8. The van der Waals surface area contributed by atoms with E-state index in [4.69, 9.17) is 4.74 Å². The number of rotatable bonds is 6. The normalized spacial score (nSPS) is 10.4. The van der Waals surface area contributed by atoms with Crippen LogP contribution in [0.4, 0.5) is 11.4 Å². The average molecular weight is 419 g/mol. The van der Waals surface area contributed by atoms with Gasteiger partial charge in [0.15, 0.2) is 0 Å². The van der Waals surface area contributed by atoms with Crippen LogP contribution in [0.2, 0.25) is 0 Å². The van der Waals surface area contributed by atoms with Gasteiger partial charge in [0.25, 0.3) is 11.8 Å². The van der Waals surface area contributed by atoms with Crippen LogP contribution in [0.15, 0.2) is 73.3 Å². The number of benzene rings is 2. The number of ether oxygens (including phenoxy) is 1. The fraction of sp³-hybridized carbons (Fsp3) is 0.0476. The average Bonchev–Trinajstić information content (AvgIpc) is 3.47. The Hall–Kier alpha value is -3.98. The molecule has 2 amide bonds. The van der Waals surface area contributed by atoms with Gasteiger partial charge in [0, 0.05) is 5.69 Å². The van der Waals surface area contributed by atoms with Crippen molar-refractivity contribution in [3.05, 3.63) is 83.1 Å². The molecular weight excluding hydrogens is 402 g/mol. The number of nitrogens with one attached hydrogen (secondary N) is 2. The van der Waals surface area contributed by atoms with Crippen LogP contribution in [-0.2, 0) is 0 Å². The minimum atomic E-state index is -0.305. The van der Waals surface area contributed by atoms with Crippen LogP contribution in [0.3, 0.4) is 0 Å². The molecular formula is C21H17N5O3S. The third-order valence-corrected chi connectivity index (χ3v) is 5.30. The summed E-state index contributed by atoms with van der Waals surface area (Å²) < 4.78 is 6.86. The van der Waals surface area contributed by atoms with Crippen LogP contribution >= 0.6 is 11.3 Å². The number of carbonyl (C=O) groups excluding carboxylic acids is 2. The second kappa shape index (κ2) is 8.58. The van der Waals surface area contributed by atoms with Gasteiger partial charge in [0.05, 0.1) is 28.2 Å². The fourth-order valence-corrected chi connectivity index (χ4v) is 3.54. The van der Waals surface area contributed by atoms with Gasteiger partial charge in [-0.05, 0) is 48.5 Å². The van der Waals surface area contributed by atoms with Crippen molar-refractivity contribution in [1.82, 2.24) is 14.8 Å². The Morgan fingerprint density at radius 2 is 1.63 bits per heavy atom. The summed E-state index contributed by atoms with van der Waals surface area (Å²) in [5.41, 5.74) is 2.03. The molecule has 9 heteroatoms. The van der Waals surface area contributed by atoms with Gasteiger partial charge in [0.1, 0.15) is 18.4 Å². The molecule has 0 unspecified atom stereocenters. The summed E-state index contributed by atoms with van der Waals surface area (Å²) in [7, 11) is 1.54. The lowest BCUT2D eigenvalue weighted by Gasteiger charge is -2.08. The van der Waals surface area contributed by atoms with Crippen molar-refractivity contribution >= 4 is 34.5 Å². The molecule has 0 radical (unpaired) electrons. The minimum absolute atomic E-state index is 0.287. The zero-order valence-electron chi connectivity index (χ0n) is 15.9. The number of nitrogens with zero attached hydrogens (tertiary/aromatic N) is 3. The van der Waals surface area contributed by atoms with Crippen molar-refractivity contribution in [3.8, 4) is 11.4 Å². The first-order valence-corrected chi connectivity index (χ1v) is 9.76. The van der Waals surface area contributed by atoms with Gasteiger partial charge in [-0.25, -0.2) is 9.67 Å². The number of methoxy groups -OCH3 is 1. The third kappa shape index (κ3) is 4.20. The number of thiophene rings is 1.